The Morgan fingerprint density at radius 1 is 1.05 bits per heavy atom. The summed E-state index contributed by atoms with van der Waals surface area (Å²) in [6.45, 7) is 1.34. The number of methoxy groups -OCH3 is 1. The van der Waals surface area contributed by atoms with Crippen LogP contribution in [0.4, 0.5) is 0 Å². The highest BCUT2D eigenvalue weighted by Crippen LogP contribution is 1.98. The molecular weight excluding hydrogens is 244 g/mol. The molecule has 2 amide bonds. The van der Waals surface area contributed by atoms with Crippen LogP contribution in [0, 0.1) is 0 Å². The Labute approximate surface area is 113 Å². The first-order valence-electron chi connectivity index (χ1n) is 6.28. The topological polar surface area (TPSA) is 67.4 Å². The van der Waals surface area contributed by atoms with E-state index in [9.17, 15) is 9.59 Å². The van der Waals surface area contributed by atoms with Crippen molar-refractivity contribution in [2.45, 2.75) is 12.8 Å². The van der Waals surface area contributed by atoms with Gasteiger partial charge in [-0.3, -0.25) is 9.59 Å². The molecule has 1 aromatic carbocycles. The Bertz CT molecular complexity index is 393. The summed E-state index contributed by atoms with van der Waals surface area (Å²) in [6, 6.07) is 9.50. The van der Waals surface area contributed by atoms with Gasteiger partial charge in [-0.1, -0.05) is 30.3 Å². The molecule has 104 valence electrons. The van der Waals surface area contributed by atoms with E-state index in [1.807, 2.05) is 30.3 Å². The maximum atomic E-state index is 11.6. The second kappa shape index (κ2) is 9.10. The van der Waals surface area contributed by atoms with Crippen molar-refractivity contribution in [1.82, 2.24) is 10.6 Å². The third kappa shape index (κ3) is 7.21. The van der Waals surface area contributed by atoms with Crippen molar-refractivity contribution < 1.29 is 14.3 Å². The molecule has 0 radical (unpaired) electrons. The molecular formula is C14H20N2O3. The molecule has 0 aromatic heterocycles. The highest BCUT2D eigenvalue weighted by molar-refractivity contribution is 5.80. The zero-order chi connectivity index (χ0) is 13.9. The van der Waals surface area contributed by atoms with Crippen molar-refractivity contribution in [3.63, 3.8) is 0 Å². The van der Waals surface area contributed by atoms with Crippen molar-refractivity contribution in [1.29, 1.82) is 0 Å². The summed E-state index contributed by atoms with van der Waals surface area (Å²) < 4.78 is 4.82. The number of nitrogens with one attached hydrogen (secondary N) is 2. The first-order valence-corrected chi connectivity index (χ1v) is 6.28. The fraction of sp³-hybridized carbons (Fsp3) is 0.429. The number of ether oxygens (including phenoxy) is 1. The Kier molecular flexibility index (Phi) is 7.27. The Morgan fingerprint density at radius 2 is 1.74 bits per heavy atom. The highest BCUT2D eigenvalue weighted by Gasteiger charge is 2.04. The van der Waals surface area contributed by atoms with E-state index in [4.69, 9.17) is 4.74 Å². The van der Waals surface area contributed by atoms with Gasteiger partial charge in [0.15, 0.2) is 0 Å². The largest absolute Gasteiger partial charge is 0.383 e. The zero-order valence-electron chi connectivity index (χ0n) is 11.1. The van der Waals surface area contributed by atoms with E-state index < -0.39 is 0 Å². The molecule has 0 heterocycles. The summed E-state index contributed by atoms with van der Waals surface area (Å²) in [7, 11) is 1.58. The average molecular weight is 264 g/mol. The normalized spacial score (nSPS) is 9.95. The molecule has 0 bridgehead atoms. The molecule has 0 atom stereocenters. The maximum absolute atomic E-state index is 11.6. The van der Waals surface area contributed by atoms with E-state index in [1.165, 1.54) is 0 Å². The van der Waals surface area contributed by atoms with Crippen molar-refractivity contribution in [3.8, 4) is 0 Å². The van der Waals surface area contributed by atoms with Gasteiger partial charge in [0.1, 0.15) is 0 Å². The average Bonchev–Trinajstić information content (AvgIpc) is 2.40. The number of amides is 2. The van der Waals surface area contributed by atoms with E-state index in [-0.39, 0.29) is 18.2 Å². The monoisotopic (exact) mass is 264 g/mol. The van der Waals surface area contributed by atoms with Crippen LogP contribution in [0.3, 0.4) is 0 Å². The van der Waals surface area contributed by atoms with Crippen LogP contribution in [-0.2, 0) is 20.7 Å². The van der Waals surface area contributed by atoms with Crippen LogP contribution in [0.15, 0.2) is 30.3 Å². The van der Waals surface area contributed by atoms with Gasteiger partial charge in [0, 0.05) is 26.6 Å². The van der Waals surface area contributed by atoms with Crippen LogP contribution in [0.25, 0.3) is 0 Å². The molecule has 5 heteroatoms. The number of carbonyl (C=O) groups excluding carboxylic acids is 2. The van der Waals surface area contributed by atoms with Crippen LogP contribution in [0.5, 0.6) is 0 Å². The second-order valence-corrected chi connectivity index (χ2v) is 4.11. The predicted octanol–water partition coefficient (Wildman–Crippen LogP) is 0.498. The molecule has 0 spiro atoms. The molecule has 0 unspecified atom stereocenters. The van der Waals surface area contributed by atoms with Crippen LogP contribution in [-0.4, -0.2) is 38.6 Å². The molecule has 1 aromatic rings. The van der Waals surface area contributed by atoms with E-state index in [2.05, 4.69) is 10.6 Å². The third-order valence-corrected chi connectivity index (χ3v) is 2.51. The Hall–Kier alpha value is -1.88. The summed E-state index contributed by atoms with van der Waals surface area (Å²) in [5.41, 5.74) is 0.963. The van der Waals surface area contributed by atoms with Crippen LogP contribution >= 0.6 is 0 Å². The fourth-order valence-electron chi connectivity index (χ4n) is 1.54. The number of benzene rings is 1. The van der Waals surface area contributed by atoms with Crippen molar-refractivity contribution in [2.24, 2.45) is 0 Å². The molecule has 0 aliphatic heterocycles. The van der Waals surface area contributed by atoms with Gasteiger partial charge in [0.05, 0.1) is 13.0 Å². The smallest absolute Gasteiger partial charge is 0.224 e. The van der Waals surface area contributed by atoms with Gasteiger partial charge in [-0.15, -0.1) is 0 Å². The van der Waals surface area contributed by atoms with Gasteiger partial charge in [0.25, 0.3) is 0 Å². The summed E-state index contributed by atoms with van der Waals surface area (Å²) in [5, 5.41) is 5.41. The molecule has 0 aliphatic rings. The highest BCUT2D eigenvalue weighted by atomic mass is 16.5. The van der Waals surface area contributed by atoms with Crippen LogP contribution < -0.4 is 10.6 Å². The zero-order valence-corrected chi connectivity index (χ0v) is 11.1. The van der Waals surface area contributed by atoms with Crippen molar-refractivity contribution >= 4 is 11.8 Å². The summed E-state index contributed by atoms with van der Waals surface area (Å²) in [5.74, 6) is -0.159. The minimum absolute atomic E-state index is 0.0732. The Balaban J connectivity index is 2.12. The minimum atomic E-state index is -0.0861. The fourth-order valence-corrected chi connectivity index (χ4v) is 1.54. The van der Waals surface area contributed by atoms with E-state index in [1.54, 1.807) is 7.11 Å². The van der Waals surface area contributed by atoms with Crippen LogP contribution in [0.1, 0.15) is 12.0 Å². The number of hydrogen-bond acceptors (Lipinski definition) is 3. The lowest BCUT2D eigenvalue weighted by Crippen LogP contribution is -2.32. The quantitative estimate of drug-likeness (QED) is 0.672. The van der Waals surface area contributed by atoms with Gasteiger partial charge >= 0.3 is 0 Å². The van der Waals surface area contributed by atoms with E-state index >= 15 is 0 Å². The van der Waals surface area contributed by atoms with Gasteiger partial charge < -0.3 is 15.4 Å². The van der Waals surface area contributed by atoms with Crippen LogP contribution in [0.2, 0.25) is 0 Å². The lowest BCUT2D eigenvalue weighted by molar-refractivity contribution is -0.122. The predicted molar refractivity (Wildman–Crippen MR) is 72.7 cm³/mol. The summed E-state index contributed by atoms with van der Waals surface area (Å²) in [6.07, 6.45) is 0.621. The molecule has 2 N–H and O–H groups in total. The van der Waals surface area contributed by atoms with Gasteiger partial charge in [-0.05, 0) is 5.56 Å². The van der Waals surface area contributed by atoms with Gasteiger partial charge in [0.2, 0.25) is 11.8 Å². The SMILES string of the molecule is COCCNC(=O)CCNC(=O)Cc1ccccc1. The second-order valence-electron chi connectivity index (χ2n) is 4.11. The lowest BCUT2D eigenvalue weighted by atomic mass is 10.1. The number of carbonyl (C=O) groups is 2. The van der Waals surface area contributed by atoms with Crippen molar-refractivity contribution in [2.75, 3.05) is 26.8 Å². The summed E-state index contributed by atoms with van der Waals surface area (Å²) in [4.78, 5) is 22.9. The molecule has 0 saturated heterocycles. The third-order valence-electron chi connectivity index (χ3n) is 2.51. The standard InChI is InChI=1S/C14H20N2O3/c1-19-10-9-16-13(17)7-8-15-14(18)11-12-5-3-2-4-6-12/h2-6H,7-11H2,1H3,(H,15,18)(H,16,17). The summed E-state index contributed by atoms with van der Waals surface area (Å²) >= 11 is 0. The van der Waals surface area contributed by atoms with Crippen molar-refractivity contribution in [3.05, 3.63) is 35.9 Å². The van der Waals surface area contributed by atoms with E-state index in [0.717, 1.165) is 5.56 Å². The number of rotatable bonds is 8. The Morgan fingerprint density at radius 3 is 2.42 bits per heavy atom. The van der Waals surface area contributed by atoms with Gasteiger partial charge in [-0.2, -0.15) is 0 Å². The molecule has 5 nitrogen and oxygen atoms in total. The first kappa shape index (κ1) is 15.2. The number of hydrogen-bond donors (Lipinski definition) is 2. The minimum Gasteiger partial charge on any atom is -0.383 e. The van der Waals surface area contributed by atoms with Gasteiger partial charge in [-0.25, -0.2) is 0 Å². The molecule has 0 aliphatic carbocycles. The first-order chi connectivity index (χ1) is 9.22. The maximum Gasteiger partial charge on any atom is 0.224 e. The lowest BCUT2D eigenvalue weighted by Gasteiger charge is -2.06. The van der Waals surface area contributed by atoms with E-state index in [0.29, 0.717) is 26.1 Å². The molecule has 0 saturated carbocycles. The molecule has 0 fully saturated rings. The molecule has 19 heavy (non-hydrogen) atoms. The molecule has 1 rings (SSSR count).